The molecule has 94 valence electrons. The van der Waals surface area contributed by atoms with Crippen molar-refractivity contribution >= 4 is 5.97 Å². The fraction of sp³-hybridized carbons (Fsp3) is 0.929. The molecule has 1 N–H and O–H groups in total. The molecule has 0 aliphatic heterocycles. The lowest BCUT2D eigenvalue weighted by molar-refractivity contribution is -0.137. The number of unbranched alkanes of at least 4 members (excludes halogenated alkanes) is 3. The van der Waals surface area contributed by atoms with Crippen LogP contribution < -0.4 is 0 Å². The van der Waals surface area contributed by atoms with Gasteiger partial charge in [-0.1, -0.05) is 46.5 Å². The third-order valence-corrected chi connectivity index (χ3v) is 4.33. The number of carbonyl (C=O) groups is 1. The summed E-state index contributed by atoms with van der Waals surface area (Å²) in [6.07, 6.45) is 7.82. The van der Waals surface area contributed by atoms with E-state index in [-0.39, 0.29) is 0 Å². The van der Waals surface area contributed by atoms with Crippen molar-refractivity contribution in [1.29, 1.82) is 0 Å². The van der Waals surface area contributed by atoms with Crippen LogP contribution in [0.15, 0.2) is 0 Å². The van der Waals surface area contributed by atoms with Gasteiger partial charge in [0.2, 0.25) is 0 Å². The van der Waals surface area contributed by atoms with Gasteiger partial charge < -0.3 is 5.11 Å². The Kier molecular flexibility index (Phi) is 4.82. The minimum Gasteiger partial charge on any atom is -0.481 e. The van der Waals surface area contributed by atoms with Gasteiger partial charge in [-0.3, -0.25) is 4.79 Å². The average molecular weight is 226 g/mol. The fourth-order valence-electron chi connectivity index (χ4n) is 3.07. The van der Waals surface area contributed by atoms with E-state index in [4.69, 9.17) is 5.11 Å². The molecule has 0 radical (unpaired) electrons. The monoisotopic (exact) mass is 226 g/mol. The molecule has 0 aromatic heterocycles. The third kappa shape index (κ3) is 3.50. The number of carboxylic acid groups (broad SMARTS) is 1. The molecule has 16 heavy (non-hydrogen) atoms. The summed E-state index contributed by atoms with van der Waals surface area (Å²) in [5.74, 6) is 0.793. The van der Waals surface area contributed by atoms with Gasteiger partial charge in [-0.15, -0.1) is 0 Å². The molecule has 0 spiro atoms. The van der Waals surface area contributed by atoms with Crippen LogP contribution in [0.1, 0.15) is 65.7 Å². The minimum absolute atomic E-state index is 0.347. The Morgan fingerprint density at radius 3 is 2.31 bits per heavy atom. The molecule has 1 aliphatic rings. The van der Waals surface area contributed by atoms with Crippen molar-refractivity contribution in [3.63, 3.8) is 0 Å². The van der Waals surface area contributed by atoms with Gasteiger partial charge in [0.05, 0.1) is 0 Å². The lowest BCUT2D eigenvalue weighted by Gasteiger charge is -2.01. The van der Waals surface area contributed by atoms with Gasteiger partial charge >= 0.3 is 5.97 Å². The van der Waals surface area contributed by atoms with Gasteiger partial charge in [-0.05, 0) is 30.1 Å². The molecule has 2 nitrogen and oxygen atoms in total. The van der Waals surface area contributed by atoms with E-state index in [1.807, 2.05) is 0 Å². The van der Waals surface area contributed by atoms with Crippen molar-refractivity contribution in [3.05, 3.63) is 0 Å². The van der Waals surface area contributed by atoms with Crippen LogP contribution in [0.2, 0.25) is 0 Å². The normalized spacial score (nSPS) is 26.7. The Labute approximate surface area is 99.4 Å². The highest BCUT2D eigenvalue weighted by Crippen LogP contribution is 2.62. The number of rotatable bonds is 8. The predicted molar refractivity (Wildman–Crippen MR) is 66.4 cm³/mol. The molecule has 1 rings (SSSR count). The first-order chi connectivity index (χ1) is 7.50. The molecule has 1 aliphatic carbocycles. The van der Waals surface area contributed by atoms with Gasteiger partial charge in [0, 0.05) is 6.42 Å². The first-order valence-corrected chi connectivity index (χ1v) is 6.72. The van der Waals surface area contributed by atoms with E-state index < -0.39 is 5.97 Å². The molecule has 2 heteroatoms. The number of hydrogen-bond donors (Lipinski definition) is 1. The fourth-order valence-corrected chi connectivity index (χ4v) is 3.07. The van der Waals surface area contributed by atoms with Crippen LogP contribution in [0.25, 0.3) is 0 Å². The summed E-state index contributed by atoms with van der Waals surface area (Å²) >= 11 is 0. The second-order valence-electron chi connectivity index (χ2n) is 5.82. The molecule has 0 aromatic rings. The van der Waals surface area contributed by atoms with Crippen LogP contribution in [0.3, 0.4) is 0 Å². The molecule has 0 heterocycles. The van der Waals surface area contributed by atoms with Crippen molar-refractivity contribution in [1.82, 2.24) is 0 Å². The quantitative estimate of drug-likeness (QED) is 0.633. The largest absolute Gasteiger partial charge is 0.481 e. The lowest BCUT2D eigenvalue weighted by Crippen LogP contribution is -1.97. The Balaban J connectivity index is 2.19. The van der Waals surface area contributed by atoms with E-state index >= 15 is 0 Å². The Hall–Kier alpha value is -0.530. The van der Waals surface area contributed by atoms with Gasteiger partial charge in [0.25, 0.3) is 0 Å². The van der Waals surface area contributed by atoms with Crippen LogP contribution in [0, 0.1) is 17.3 Å². The predicted octanol–water partition coefficient (Wildman–Crippen LogP) is 4.09. The van der Waals surface area contributed by atoms with Crippen molar-refractivity contribution in [2.24, 2.45) is 17.3 Å². The van der Waals surface area contributed by atoms with Gasteiger partial charge in [-0.2, -0.15) is 0 Å². The van der Waals surface area contributed by atoms with E-state index in [1.54, 1.807) is 0 Å². The van der Waals surface area contributed by atoms with Gasteiger partial charge in [-0.25, -0.2) is 0 Å². The second-order valence-corrected chi connectivity index (χ2v) is 5.82. The maximum atomic E-state index is 10.5. The third-order valence-electron chi connectivity index (χ3n) is 4.33. The van der Waals surface area contributed by atoms with Crippen molar-refractivity contribution in [3.8, 4) is 0 Å². The summed E-state index contributed by atoms with van der Waals surface area (Å²) in [4.78, 5) is 10.5. The highest BCUT2D eigenvalue weighted by Gasteiger charge is 2.55. The molecule has 0 aromatic carbocycles. The smallest absolute Gasteiger partial charge is 0.303 e. The Morgan fingerprint density at radius 1 is 1.12 bits per heavy atom. The SMILES string of the molecule is CCCCCCC1C(CCC(=O)O)C1(C)C. The van der Waals surface area contributed by atoms with Crippen molar-refractivity contribution < 1.29 is 9.90 Å². The topological polar surface area (TPSA) is 37.3 Å². The number of hydrogen-bond acceptors (Lipinski definition) is 1. The van der Waals surface area contributed by atoms with Crippen LogP contribution >= 0.6 is 0 Å². The van der Waals surface area contributed by atoms with Crippen LogP contribution in [0.4, 0.5) is 0 Å². The zero-order chi connectivity index (χ0) is 12.2. The summed E-state index contributed by atoms with van der Waals surface area (Å²) in [7, 11) is 0. The van der Waals surface area contributed by atoms with Crippen molar-refractivity contribution in [2.75, 3.05) is 0 Å². The molecule has 2 atom stereocenters. The maximum Gasteiger partial charge on any atom is 0.303 e. The summed E-state index contributed by atoms with van der Waals surface area (Å²) in [6.45, 7) is 6.82. The van der Waals surface area contributed by atoms with Crippen LogP contribution in [-0.4, -0.2) is 11.1 Å². The Bertz CT molecular complexity index is 233. The summed E-state index contributed by atoms with van der Waals surface area (Å²) in [5, 5.41) is 8.69. The van der Waals surface area contributed by atoms with Crippen LogP contribution in [-0.2, 0) is 4.79 Å². The second kappa shape index (κ2) is 5.70. The molecule has 2 unspecified atom stereocenters. The maximum absolute atomic E-state index is 10.5. The zero-order valence-corrected chi connectivity index (χ0v) is 11.0. The zero-order valence-electron chi connectivity index (χ0n) is 11.0. The van der Waals surface area contributed by atoms with Gasteiger partial charge in [0.15, 0.2) is 0 Å². The highest BCUT2D eigenvalue weighted by atomic mass is 16.4. The van der Waals surface area contributed by atoms with E-state index in [0.29, 0.717) is 17.8 Å². The number of aliphatic carboxylic acids is 1. The van der Waals surface area contributed by atoms with E-state index in [2.05, 4.69) is 20.8 Å². The van der Waals surface area contributed by atoms with E-state index in [9.17, 15) is 4.79 Å². The molecule has 0 saturated heterocycles. The standard InChI is InChI=1S/C14H26O2/c1-4-5-6-7-8-11-12(14(11,2)3)9-10-13(15)16/h11-12H,4-10H2,1-3H3,(H,15,16). The lowest BCUT2D eigenvalue weighted by atomic mass is 10.0. The van der Waals surface area contributed by atoms with E-state index in [1.165, 1.54) is 32.1 Å². The first kappa shape index (κ1) is 13.5. The van der Waals surface area contributed by atoms with Crippen molar-refractivity contribution in [2.45, 2.75) is 65.7 Å². The summed E-state index contributed by atoms with van der Waals surface area (Å²) in [6, 6.07) is 0. The summed E-state index contributed by atoms with van der Waals surface area (Å²) < 4.78 is 0. The molecule has 1 fully saturated rings. The molecule has 1 saturated carbocycles. The highest BCUT2D eigenvalue weighted by molar-refractivity contribution is 5.66. The molecular formula is C14H26O2. The first-order valence-electron chi connectivity index (χ1n) is 6.72. The van der Waals surface area contributed by atoms with Crippen LogP contribution in [0.5, 0.6) is 0 Å². The molecule has 0 bridgehead atoms. The van der Waals surface area contributed by atoms with E-state index in [0.717, 1.165) is 12.3 Å². The summed E-state index contributed by atoms with van der Waals surface area (Å²) in [5.41, 5.74) is 0.404. The van der Waals surface area contributed by atoms with Gasteiger partial charge in [0.1, 0.15) is 0 Å². The minimum atomic E-state index is -0.646. The molecule has 0 amide bonds. The molecular weight excluding hydrogens is 200 g/mol. The average Bonchev–Trinajstić information content (AvgIpc) is 2.72. The number of carboxylic acids is 1. The Morgan fingerprint density at radius 2 is 1.75 bits per heavy atom.